The Bertz CT molecular complexity index is 503. The molecule has 1 aromatic rings. The first-order chi connectivity index (χ1) is 11.6. The number of nitrogens with one attached hydrogen (secondary N) is 1. The van der Waals surface area contributed by atoms with Crippen molar-refractivity contribution in [2.45, 2.75) is 20.0 Å². The lowest BCUT2D eigenvalue weighted by Crippen LogP contribution is -2.49. The number of halogens is 2. The Morgan fingerprint density at radius 1 is 1.17 bits per heavy atom. The van der Waals surface area contributed by atoms with E-state index in [1.54, 1.807) is 12.1 Å². The summed E-state index contributed by atoms with van der Waals surface area (Å²) in [6.07, 6.45) is 0.657. The summed E-state index contributed by atoms with van der Waals surface area (Å²) < 4.78 is 28.4. The number of amides is 1. The predicted molar refractivity (Wildman–Crippen MR) is 88.3 cm³/mol. The van der Waals surface area contributed by atoms with Crippen molar-refractivity contribution in [1.29, 1.82) is 0 Å². The number of alkyl halides is 2. The lowest BCUT2D eigenvalue weighted by Gasteiger charge is -2.33. The molecule has 134 valence electrons. The summed E-state index contributed by atoms with van der Waals surface area (Å²) in [6.45, 7) is 5.22. The third-order valence-electron chi connectivity index (χ3n) is 4.16. The summed E-state index contributed by atoms with van der Waals surface area (Å²) in [6, 6.07) is 6.48. The van der Waals surface area contributed by atoms with Crippen molar-refractivity contribution in [3.05, 3.63) is 29.8 Å². The Balaban J connectivity index is 1.64. The van der Waals surface area contributed by atoms with Gasteiger partial charge in [-0.25, -0.2) is 0 Å². The van der Waals surface area contributed by atoms with E-state index >= 15 is 0 Å². The second-order valence-electron chi connectivity index (χ2n) is 5.83. The number of piperazine rings is 1. The number of carbonyl (C=O) groups excluding carboxylic acids is 1. The zero-order valence-electron chi connectivity index (χ0n) is 14.0. The minimum Gasteiger partial charge on any atom is -0.435 e. The van der Waals surface area contributed by atoms with Gasteiger partial charge >= 0.3 is 6.61 Å². The van der Waals surface area contributed by atoms with Crippen LogP contribution in [0, 0.1) is 0 Å². The first kappa shape index (κ1) is 18.6. The number of hydrogen-bond donors (Lipinski definition) is 1. The molecule has 24 heavy (non-hydrogen) atoms. The minimum atomic E-state index is -2.81. The highest BCUT2D eigenvalue weighted by Crippen LogP contribution is 2.14. The van der Waals surface area contributed by atoms with E-state index in [0.717, 1.165) is 38.3 Å². The Morgan fingerprint density at radius 3 is 2.38 bits per heavy atom. The molecule has 0 spiro atoms. The van der Waals surface area contributed by atoms with Gasteiger partial charge in [0.05, 0.1) is 6.54 Å². The van der Waals surface area contributed by atoms with Gasteiger partial charge in [-0.2, -0.15) is 8.78 Å². The van der Waals surface area contributed by atoms with E-state index in [1.807, 2.05) is 0 Å². The molecule has 0 aromatic heterocycles. The van der Waals surface area contributed by atoms with Crippen molar-refractivity contribution in [2.75, 3.05) is 45.8 Å². The van der Waals surface area contributed by atoms with Crippen molar-refractivity contribution >= 4 is 5.91 Å². The van der Waals surface area contributed by atoms with Crippen molar-refractivity contribution in [1.82, 2.24) is 15.1 Å². The van der Waals surface area contributed by atoms with Crippen LogP contribution in [0.4, 0.5) is 8.78 Å². The smallest absolute Gasteiger partial charge is 0.387 e. The lowest BCUT2D eigenvalue weighted by molar-refractivity contribution is -0.122. The number of ether oxygens (including phenoxy) is 1. The molecule has 2 rings (SSSR count). The fourth-order valence-electron chi connectivity index (χ4n) is 2.71. The SMILES string of the molecule is CCN1CCN(CC(=O)NCCc2ccc(OC(F)F)cc2)CC1. The molecular formula is C17H25F2N3O2. The lowest BCUT2D eigenvalue weighted by atomic mass is 10.1. The van der Waals surface area contributed by atoms with Crippen LogP contribution < -0.4 is 10.1 Å². The molecule has 0 unspecified atom stereocenters. The largest absolute Gasteiger partial charge is 0.435 e. The summed E-state index contributed by atoms with van der Waals surface area (Å²) in [5.41, 5.74) is 0.966. The summed E-state index contributed by atoms with van der Waals surface area (Å²) in [5.74, 6) is 0.168. The van der Waals surface area contributed by atoms with Gasteiger partial charge < -0.3 is 15.0 Å². The van der Waals surface area contributed by atoms with Crippen LogP contribution in [0.3, 0.4) is 0 Å². The van der Waals surface area contributed by atoms with E-state index in [1.165, 1.54) is 12.1 Å². The molecule has 1 N–H and O–H groups in total. The zero-order chi connectivity index (χ0) is 17.4. The van der Waals surface area contributed by atoms with Crippen LogP contribution in [0.25, 0.3) is 0 Å². The molecule has 1 aromatic carbocycles. The number of rotatable bonds is 8. The van der Waals surface area contributed by atoms with Gasteiger partial charge in [-0.1, -0.05) is 19.1 Å². The van der Waals surface area contributed by atoms with Crippen LogP contribution in [0.5, 0.6) is 5.75 Å². The zero-order valence-corrected chi connectivity index (χ0v) is 14.0. The van der Waals surface area contributed by atoms with Crippen LogP contribution >= 0.6 is 0 Å². The highest BCUT2D eigenvalue weighted by Gasteiger charge is 2.17. The summed E-state index contributed by atoms with van der Waals surface area (Å²) >= 11 is 0. The average Bonchev–Trinajstić information content (AvgIpc) is 2.57. The van der Waals surface area contributed by atoms with E-state index in [0.29, 0.717) is 19.5 Å². The van der Waals surface area contributed by atoms with Crippen molar-refractivity contribution < 1.29 is 18.3 Å². The van der Waals surface area contributed by atoms with Gasteiger partial charge in [0.25, 0.3) is 0 Å². The first-order valence-corrected chi connectivity index (χ1v) is 8.32. The Morgan fingerprint density at radius 2 is 1.79 bits per heavy atom. The van der Waals surface area contributed by atoms with Gasteiger partial charge in [-0.05, 0) is 30.7 Å². The highest BCUT2D eigenvalue weighted by molar-refractivity contribution is 5.78. The quantitative estimate of drug-likeness (QED) is 0.780. The van der Waals surface area contributed by atoms with Gasteiger partial charge in [-0.15, -0.1) is 0 Å². The maximum Gasteiger partial charge on any atom is 0.387 e. The summed E-state index contributed by atoms with van der Waals surface area (Å²) in [4.78, 5) is 16.5. The van der Waals surface area contributed by atoms with Crippen molar-refractivity contribution in [3.8, 4) is 5.75 Å². The molecule has 0 radical (unpaired) electrons. The Kier molecular flexibility index (Phi) is 7.39. The second-order valence-corrected chi connectivity index (χ2v) is 5.83. The Hall–Kier alpha value is -1.73. The minimum absolute atomic E-state index is 0.0256. The molecule has 5 nitrogen and oxygen atoms in total. The number of likely N-dealkylation sites (N-methyl/N-ethyl adjacent to an activating group) is 1. The van der Waals surface area contributed by atoms with Gasteiger partial charge in [0.1, 0.15) is 5.75 Å². The van der Waals surface area contributed by atoms with Crippen LogP contribution in [0.15, 0.2) is 24.3 Å². The molecule has 0 saturated carbocycles. The topological polar surface area (TPSA) is 44.8 Å². The number of benzene rings is 1. The molecule has 1 aliphatic rings. The molecule has 1 heterocycles. The molecule has 1 amide bonds. The van der Waals surface area contributed by atoms with Gasteiger partial charge in [-0.3, -0.25) is 9.69 Å². The average molecular weight is 341 g/mol. The number of carbonyl (C=O) groups is 1. The van der Waals surface area contributed by atoms with Gasteiger partial charge in [0.15, 0.2) is 0 Å². The van der Waals surface area contributed by atoms with Crippen LogP contribution in [-0.2, 0) is 11.2 Å². The molecule has 1 aliphatic heterocycles. The first-order valence-electron chi connectivity index (χ1n) is 8.32. The van der Waals surface area contributed by atoms with Crippen LogP contribution in [-0.4, -0.2) is 68.1 Å². The third-order valence-corrected chi connectivity index (χ3v) is 4.16. The fourth-order valence-corrected chi connectivity index (χ4v) is 2.71. The maximum atomic E-state index is 12.1. The normalized spacial score (nSPS) is 16.3. The summed E-state index contributed by atoms with van der Waals surface area (Å²) in [7, 11) is 0. The highest BCUT2D eigenvalue weighted by atomic mass is 19.3. The van der Waals surface area contributed by atoms with E-state index in [4.69, 9.17) is 0 Å². The van der Waals surface area contributed by atoms with Crippen LogP contribution in [0.2, 0.25) is 0 Å². The molecule has 0 bridgehead atoms. The van der Waals surface area contributed by atoms with Gasteiger partial charge in [0, 0.05) is 32.7 Å². The molecule has 7 heteroatoms. The summed E-state index contributed by atoms with van der Waals surface area (Å²) in [5, 5.41) is 2.91. The number of nitrogens with zero attached hydrogens (tertiary/aromatic N) is 2. The fraction of sp³-hybridized carbons (Fsp3) is 0.588. The van der Waals surface area contributed by atoms with Crippen molar-refractivity contribution in [3.63, 3.8) is 0 Å². The van der Waals surface area contributed by atoms with E-state index < -0.39 is 6.61 Å². The molecular weight excluding hydrogens is 316 g/mol. The maximum absolute atomic E-state index is 12.1. The van der Waals surface area contributed by atoms with Crippen molar-refractivity contribution in [2.24, 2.45) is 0 Å². The van der Waals surface area contributed by atoms with E-state index in [2.05, 4.69) is 26.8 Å². The molecule has 0 aliphatic carbocycles. The third kappa shape index (κ3) is 6.41. The molecule has 1 saturated heterocycles. The standard InChI is InChI=1S/C17H25F2N3O2/c1-2-21-9-11-22(12-10-21)13-16(23)20-8-7-14-3-5-15(6-4-14)24-17(18)19/h3-6,17H,2,7-13H2,1H3,(H,20,23). The number of hydrogen-bond acceptors (Lipinski definition) is 4. The second kappa shape index (κ2) is 9.54. The Labute approximate surface area is 141 Å². The molecule has 0 atom stereocenters. The van der Waals surface area contributed by atoms with E-state index in [-0.39, 0.29) is 11.7 Å². The van der Waals surface area contributed by atoms with Gasteiger partial charge in [0.2, 0.25) is 5.91 Å². The van der Waals surface area contributed by atoms with E-state index in [9.17, 15) is 13.6 Å². The monoisotopic (exact) mass is 341 g/mol. The van der Waals surface area contributed by atoms with Crippen LogP contribution in [0.1, 0.15) is 12.5 Å². The predicted octanol–water partition coefficient (Wildman–Crippen LogP) is 1.58. The molecule has 1 fully saturated rings.